The van der Waals surface area contributed by atoms with E-state index in [-0.39, 0.29) is 5.91 Å². The van der Waals surface area contributed by atoms with Crippen LogP contribution in [0.5, 0.6) is 0 Å². The van der Waals surface area contributed by atoms with Crippen LogP contribution in [0.15, 0.2) is 24.3 Å². The van der Waals surface area contributed by atoms with E-state index in [0.29, 0.717) is 31.6 Å². The third kappa shape index (κ3) is 4.09. The van der Waals surface area contributed by atoms with Gasteiger partial charge in [0.15, 0.2) is 0 Å². The number of carbonyl (C=O) groups excluding carboxylic acids is 1. The average molecular weight is 303 g/mol. The number of aryl methyl sites for hydroxylation is 1. The van der Waals surface area contributed by atoms with Crippen molar-refractivity contribution < 1.29 is 14.7 Å². The van der Waals surface area contributed by atoms with Crippen LogP contribution in [-0.4, -0.2) is 22.5 Å². The van der Waals surface area contributed by atoms with Gasteiger partial charge in [-0.15, -0.1) is 0 Å². The van der Waals surface area contributed by atoms with Gasteiger partial charge < -0.3 is 10.4 Å². The Bertz CT molecular complexity index is 530. The van der Waals surface area contributed by atoms with Gasteiger partial charge >= 0.3 is 5.97 Å². The van der Waals surface area contributed by atoms with Crippen LogP contribution in [0.1, 0.15) is 50.7 Å². The fourth-order valence-electron chi connectivity index (χ4n) is 2.82. The molecule has 120 valence electrons. The van der Waals surface area contributed by atoms with E-state index in [1.54, 1.807) is 0 Å². The van der Waals surface area contributed by atoms with Crippen molar-refractivity contribution in [2.24, 2.45) is 5.92 Å². The second-order valence-electron chi connectivity index (χ2n) is 6.70. The number of aliphatic carboxylic acids is 1. The minimum atomic E-state index is -1.00. The molecule has 0 spiro atoms. The normalized spacial score (nSPS) is 16.1. The first-order valence-electron chi connectivity index (χ1n) is 8.03. The van der Waals surface area contributed by atoms with E-state index in [1.165, 1.54) is 5.56 Å². The molecule has 1 aliphatic carbocycles. The van der Waals surface area contributed by atoms with Crippen LogP contribution in [-0.2, 0) is 22.4 Å². The van der Waals surface area contributed by atoms with Crippen LogP contribution in [0.2, 0.25) is 0 Å². The summed E-state index contributed by atoms with van der Waals surface area (Å²) < 4.78 is 0. The van der Waals surface area contributed by atoms with Crippen LogP contribution < -0.4 is 5.32 Å². The molecule has 0 heterocycles. The highest BCUT2D eigenvalue weighted by Gasteiger charge is 2.45. The molecule has 0 bridgehead atoms. The van der Waals surface area contributed by atoms with Crippen molar-refractivity contribution in [3.05, 3.63) is 35.4 Å². The summed E-state index contributed by atoms with van der Waals surface area (Å²) in [5.74, 6) is -0.454. The van der Waals surface area contributed by atoms with Crippen molar-refractivity contribution in [3.8, 4) is 0 Å². The van der Waals surface area contributed by atoms with Crippen molar-refractivity contribution in [1.82, 2.24) is 5.32 Å². The van der Waals surface area contributed by atoms with Gasteiger partial charge in [0.1, 0.15) is 5.54 Å². The van der Waals surface area contributed by atoms with Gasteiger partial charge in [0, 0.05) is 6.42 Å². The Morgan fingerprint density at radius 3 is 2.23 bits per heavy atom. The van der Waals surface area contributed by atoms with Crippen molar-refractivity contribution >= 4 is 11.9 Å². The Morgan fingerprint density at radius 2 is 1.77 bits per heavy atom. The molecule has 1 fully saturated rings. The topological polar surface area (TPSA) is 66.4 Å². The van der Waals surface area contributed by atoms with E-state index in [2.05, 4.69) is 43.4 Å². The minimum Gasteiger partial charge on any atom is -0.480 e. The third-order valence-electron chi connectivity index (χ3n) is 4.30. The molecule has 1 saturated carbocycles. The number of amides is 1. The van der Waals surface area contributed by atoms with Gasteiger partial charge in [-0.1, -0.05) is 38.1 Å². The summed E-state index contributed by atoms with van der Waals surface area (Å²) in [6.07, 6.45) is 3.98. The molecule has 1 aromatic rings. The lowest BCUT2D eigenvalue weighted by Gasteiger charge is -2.38. The van der Waals surface area contributed by atoms with Crippen LogP contribution in [0, 0.1) is 5.92 Å². The van der Waals surface area contributed by atoms with Gasteiger partial charge in [0.2, 0.25) is 5.91 Å². The zero-order valence-electron chi connectivity index (χ0n) is 13.4. The van der Waals surface area contributed by atoms with Crippen molar-refractivity contribution in [2.45, 2.75) is 57.9 Å². The van der Waals surface area contributed by atoms with E-state index in [9.17, 15) is 14.7 Å². The molecule has 2 N–H and O–H groups in total. The zero-order chi connectivity index (χ0) is 16.2. The molecule has 1 aliphatic rings. The van der Waals surface area contributed by atoms with E-state index in [1.807, 2.05) is 0 Å². The van der Waals surface area contributed by atoms with Crippen LogP contribution in [0.25, 0.3) is 0 Å². The first-order valence-corrected chi connectivity index (χ1v) is 8.03. The molecule has 1 amide bonds. The molecule has 4 heteroatoms. The molecule has 0 unspecified atom stereocenters. The minimum absolute atomic E-state index is 0.173. The fraction of sp³-hybridized carbons (Fsp3) is 0.556. The smallest absolute Gasteiger partial charge is 0.329 e. The first kappa shape index (κ1) is 16.5. The average Bonchev–Trinajstić information content (AvgIpc) is 2.41. The predicted molar refractivity (Wildman–Crippen MR) is 85.7 cm³/mol. The summed E-state index contributed by atoms with van der Waals surface area (Å²) in [7, 11) is 0. The Balaban J connectivity index is 1.82. The Hall–Kier alpha value is -1.84. The highest BCUT2D eigenvalue weighted by atomic mass is 16.4. The van der Waals surface area contributed by atoms with Gasteiger partial charge in [-0.25, -0.2) is 4.79 Å². The second kappa shape index (κ2) is 6.95. The maximum Gasteiger partial charge on any atom is 0.329 e. The molecule has 0 aromatic heterocycles. The summed E-state index contributed by atoms with van der Waals surface area (Å²) in [6, 6.07) is 8.33. The third-order valence-corrected chi connectivity index (χ3v) is 4.30. The molecule has 0 atom stereocenters. The summed E-state index contributed by atoms with van der Waals surface area (Å²) >= 11 is 0. The lowest BCUT2D eigenvalue weighted by atomic mass is 9.76. The lowest BCUT2D eigenvalue weighted by Crippen LogP contribution is -2.59. The summed E-state index contributed by atoms with van der Waals surface area (Å²) in [4.78, 5) is 23.2. The number of benzene rings is 1. The van der Waals surface area contributed by atoms with Crippen molar-refractivity contribution in [3.63, 3.8) is 0 Å². The Labute approximate surface area is 131 Å². The summed E-state index contributed by atoms with van der Waals surface area (Å²) in [5.41, 5.74) is 1.42. The van der Waals surface area contributed by atoms with E-state index >= 15 is 0 Å². The SMILES string of the molecule is CC(C)Cc1ccc(CCC(=O)NC2(C(=O)O)CCC2)cc1. The molecule has 0 aliphatic heterocycles. The van der Waals surface area contributed by atoms with Crippen LogP contribution >= 0.6 is 0 Å². The molecule has 0 radical (unpaired) electrons. The van der Waals surface area contributed by atoms with Gasteiger partial charge in [0.05, 0.1) is 0 Å². The highest BCUT2D eigenvalue weighted by molar-refractivity contribution is 5.87. The Morgan fingerprint density at radius 1 is 1.18 bits per heavy atom. The quantitative estimate of drug-likeness (QED) is 0.814. The molecule has 22 heavy (non-hydrogen) atoms. The molecular weight excluding hydrogens is 278 g/mol. The molecule has 1 aromatic carbocycles. The fourth-order valence-corrected chi connectivity index (χ4v) is 2.82. The van der Waals surface area contributed by atoms with Crippen LogP contribution in [0.4, 0.5) is 0 Å². The molecule has 0 saturated heterocycles. The Kier molecular flexibility index (Phi) is 5.22. The number of rotatable bonds is 7. The van der Waals surface area contributed by atoms with E-state index < -0.39 is 11.5 Å². The second-order valence-corrected chi connectivity index (χ2v) is 6.70. The number of hydrogen-bond donors (Lipinski definition) is 2. The number of carbonyl (C=O) groups is 2. The van der Waals surface area contributed by atoms with Gasteiger partial charge in [-0.05, 0) is 49.1 Å². The maximum atomic E-state index is 12.0. The highest BCUT2D eigenvalue weighted by Crippen LogP contribution is 2.32. The van der Waals surface area contributed by atoms with E-state index in [4.69, 9.17) is 0 Å². The van der Waals surface area contributed by atoms with Gasteiger partial charge in [0.25, 0.3) is 0 Å². The molecule has 4 nitrogen and oxygen atoms in total. The van der Waals surface area contributed by atoms with Crippen LogP contribution in [0.3, 0.4) is 0 Å². The monoisotopic (exact) mass is 303 g/mol. The van der Waals surface area contributed by atoms with E-state index in [0.717, 1.165) is 18.4 Å². The standard InChI is InChI=1S/C18H25NO3/c1-13(2)12-15-6-4-14(5-7-15)8-9-16(20)19-18(17(21)22)10-3-11-18/h4-7,13H,3,8-12H2,1-2H3,(H,19,20)(H,21,22). The summed E-state index contributed by atoms with van der Waals surface area (Å²) in [6.45, 7) is 4.38. The maximum absolute atomic E-state index is 12.0. The van der Waals surface area contributed by atoms with Crippen molar-refractivity contribution in [2.75, 3.05) is 0 Å². The van der Waals surface area contributed by atoms with Gasteiger partial charge in [-0.2, -0.15) is 0 Å². The van der Waals surface area contributed by atoms with Gasteiger partial charge in [-0.3, -0.25) is 4.79 Å². The number of hydrogen-bond acceptors (Lipinski definition) is 2. The first-order chi connectivity index (χ1) is 10.4. The lowest BCUT2D eigenvalue weighted by molar-refractivity contribution is -0.151. The largest absolute Gasteiger partial charge is 0.480 e. The number of carboxylic acids is 1. The molecular formula is C18H25NO3. The van der Waals surface area contributed by atoms with Crippen molar-refractivity contribution in [1.29, 1.82) is 0 Å². The number of nitrogens with one attached hydrogen (secondary N) is 1. The zero-order valence-corrected chi connectivity index (χ0v) is 13.4. The molecule has 2 rings (SSSR count). The summed E-state index contributed by atoms with van der Waals surface area (Å²) in [5, 5.41) is 11.9. The predicted octanol–water partition coefficient (Wildman–Crippen LogP) is 2.94. The number of carboxylic acid groups (broad SMARTS) is 1.